The van der Waals surface area contributed by atoms with E-state index in [2.05, 4.69) is 39.4 Å². The second-order valence-electron chi connectivity index (χ2n) is 5.59. The minimum Gasteiger partial charge on any atom is -0.369 e. The van der Waals surface area contributed by atoms with Crippen molar-refractivity contribution in [3.63, 3.8) is 0 Å². The van der Waals surface area contributed by atoms with Crippen molar-refractivity contribution in [3.05, 3.63) is 42.7 Å². The number of nitrogens with one attached hydrogen (secondary N) is 1. The third kappa shape index (κ3) is 3.65. The molecule has 3 rings (SSSR count). The number of hydrogen-bond acceptors (Lipinski definition) is 4. The normalized spacial score (nSPS) is 15.8. The summed E-state index contributed by atoms with van der Waals surface area (Å²) in [5.74, 6) is -0.0731. The van der Waals surface area contributed by atoms with Gasteiger partial charge in [-0.3, -0.25) is 9.48 Å². The Balaban J connectivity index is 1.56. The van der Waals surface area contributed by atoms with Crippen LogP contribution in [0.4, 0.5) is 11.4 Å². The number of aromatic nitrogens is 2. The monoisotopic (exact) mass is 299 g/mol. The molecule has 1 aliphatic heterocycles. The summed E-state index contributed by atoms with van der Waals surface area (Å²) >= 11 is 0. The minimum atomic E-state index is -0.0731. The molecular formula is C16H21N5O. The van der Waals surface area contributed by atoms with E-state index >= 15 is 0 Å². The highest BCUT2D eigenvalue weighted by Crippen LogP contribution is 2.19. The quantitative estimate of drug-likeness (QED) is 0.924. The molecule has 0 unspecified atom stereocenters. The molecule has 0 spiro atoms. The molecule has 0 aliphatic carbocycles. The maximum absolute atomic E-state index is 11.9. The van der Waals surface area contributed by atoms with Crippen molar-refractivity contribution in [2.45, 2.75) is 6.54 Å². The second kappa shape index (κ2) is 6.62. The molecule has 1 fully saturated rings. The van der Waals surface area contributed by atoms with Crippen LogP contribution in [0.2, 0.25) is 0 Å². The fourth-order valence-electron chi connectivity index (χ4n) is 2.56. The van der Waals surface area contributed by atoms with Gasteiger partial charge in [-0.15, -0.1) is 0 Å². The summed E-state index contributed by atoms with van der Waals surface area (Å²) < 4.78 is 1.61. The predicted octanol–water partition coefficient (Wildman–Crippen LogP) is 1.27. The average Bonchev–Trinajstić information content (AvgIpc) is 3.02. The van der Waals surface area contributed by atoms with Gasteiger partial charge in [-0.1, -0.05) is 0 Å². The van der Waals surface area contributed by atoms with Gasteiger partial charge in [-0.05, 0) is 37.4 Å². The van der Waals surface area contributed by atoms with E-state index < -0.39 is 0 Å². The molecule has 0 bridgehead atoms. The van der Waals surface area contributed by atoms with Crippen molar-refractivity contribution in [2.75, 3.05) is 43.4 Å². The van der Waals surface area contributed by atoms with Crippen LogP contribution in [0.3, 0.4) is 0 Å². The van der Waals surface area contributed by atoms with Crippen molar-refractivity contribution in [2.24, 2.45) is 0 Å². The summed E-state index contributed by atoms with van der Waals surface area (Å²) in [6.07, 6.45) is 3.44. The first-order chi connectivity index (χ1) is 10.7. The molecule has 1 saturated heterocycles. The zero-order chi connectivity index (χ0) is 15.4. The van der Waals surface area contributed by atoms with Gasteiger partial charge in [0.05, 0.1) is 0 Å². The Morgan fingerprint density at radius 3 is 2.55 bits per heavy atom. The molecule has 1 aliphatic rings. The van der Waals surface area contributed by atoms with E-state index in [1.807, 2.05) is 12.1 Å². The number of carbonyl (C=O) groups excluding carboxylic acids is 1. The minimum absolute atomic E-state index is 0.0731. The van der Waals surface area contributed by atoms with E-state index in [1.165, 1.54) is 5.69 Å². The lowest BCUT2D eigenvalue weighted by molar-refractivity contribution is -0.116. The van der Waals surface area contributed by atoms with Crippen molar-refractivity contribution in [1.82, 2.24) is 14.7 Å². The van der Waals surface area contributed by atoms with E-state index in [9.17, 15) is 4.79 Å². The summed E-state index contributed by atoms with van der Waals surface area (Å²) in [5.41, 5.74) is 2.02. The van der Waals surface area contributed by atoms with Gasteiger partial charge in [-0.25, -0.2) is 0 Å². The van der Waals surface area contributed by atoms with Gasteiger partial charge in [0.2, 0.25) is 5.91 Å². The molecule has 0 radical (unpaired) electrons. The Morgan fingerprint density at radius 1 is 1.18 bits per heavy atom. The van der Waals surface area contributed by atoms with Gasteiger partial charge in [0.1, 0.15) is 6.54 Å². The van der Waals surface area contributed by atoms with Gasteiger partial charge in [0.15, 0.2) is 0 Å². The van der Waals surface area contributed by atoms with Crippen molar-refractivity contribution in [3.8, 4) is 0 Å². The Bertz CT molecular complexity index is 600. The molecule has 1 aromatic carbocycles. The van der Waals surface area contributed by atoms with Gasteiger partial charge in [0, 0.05) is 49.9 Å². The Kier molecular flexibility index (Phi) is 4.39. The van der Waals surface area contributed by atoms with Crippen LogP contribution in [0, 0.1) is 0 Å². The topological polar surface area (TPSA) is 53.4 Å². The predicted molar refractivity (Wildman–Crippen MR) is 87.0 cm³/mol. The van der Waals surface area contributed by atoms with Crippen LogP contribution < -0.4 is 10.2 Å². The summed E-state index contributed by atoms with van der Waals surface area (Å²) in [6.45, 7) is 4.49. The molecule has 6 nitrogen and oxygen atoms in total. The maximum Gasteiger partial charge on any atom is 0.246 e. The van der Waals surface area contributed by atoms with E-state index in [1.54, 1.807) is 23.1 Å². The summed E-state index contributed by atoms with van der Waals surface area (Å²) in [4.78, 5) is 16.6. The van der Waals surface area contributed by atoms with Crippen LogP contribution in [-0.2, 0) is 11.3 Å². The van der Waals surface area contributed by atoms with Gasteiger partial charge < -0.3 is 15.1 Å². The average molecular weight is 299 g/mol. The number of benzene rings is 1. The van der Waals surface area contributed by atoms with Crippen LogP contribution in [0.25, 0.3) is 0 Å². The number of rotatable bonds is 4. The summed E-state index contributed by atoms with van der Waals surface area (Å²) in [6, 6.07) is 9.84. The highest BCUT2D eigenvalue weighted by atomic mass is 16.2. The second-order valence-corrected chi connectivity index (χ2v) is 5.59. The Hall–Kier alpha value is -2.34. The molecular weight excluding hydrogens is 278 g/mol. The van der Waals surface area contributed by atoms with Crippen LogP contribution in [-0.4, -0.2) is 53.8 Å². The first-order valence-corrected chi connectivity index (χ1v) is 7.51. The molecule has 116 valence electrons. The molecule has 2 heterocycles. The highest BCUT2D eigenvalue weighted by Gasteiger charge is 2.14. The zero-order valence-corrected chi connectivity index (χ0v) is 12.8. The van der Waals surface area contributed by atoms with Crippen molar-refractivity contribution >= 4 is 17.3 Å². The number of nitrogens with zero attached hydrogens (tertiary/aromatic N) is 4. The maximum atomic E-state index is 11.9. The van der Waals surface area contributed by atoms with Crippen LogP contribution in [0.5, 0.6) is 0 Å². The van der Waals surface area contributed by atoms with E-state index in [4.69, 9.17) is 0 Å². The molecule has 6 heteroatoms. The molecule has 0 saturated carbocycles. The molecule has 0 atom stereocenters. The number of carbonyl (C=O) groups is 1. The van der Waals surface area contributed by atoms with Gasteiger partial charge >= 0.3 is 0 Å². The lowest BCUT2D eigenvalue weighted by Gasteiger charge is -2.34. The third-order valence-electron chi connectivity index (χ3n) is 3.88. The van der Waals surface area contributed by atoms with E-state index in [0.29, 0.717) is 0 Å². The van der Waals surface area contributed by atoms with Crippen LogP contribution in [0.15, 0.2) is 42.7 Å². The van der Waals surface area contributed by atoms with Crippen molar-refractivity contribution in [1.29, 1.82) is 0 Å². The third-order valence-corrected chi connectivity index (χ3v) is 3.88. The lowest BCUT2D eigenvalue weighted by Crippen LogP contribution is -2.44. The summed E-state index contributed by atoms with van der Waals surface area (Å²) in [5, 5.41) is 6.92. The molecule has 1 N–H and O–H groups in total. The molecule has 2 aromatic rings. The standard InChI is InChI=1S/C16H21N5O/c1-19-9-11-20(12-10-19)15-5-3-14(4-6-15)18-16(22)13-21-8-2-7-17-21/h2-8H,9-13H2,1H3,(H,18,22). The van der Waals surface area contributed by atoms with Crippen LogP contribution in [0.1, 0.15) is 0 Å². The molecule has 22 heavy (non-hydrogen) atoms. The van der Waals surface area contributed by atoms with Crippen molar-refractivity contribution < 1.29 is 4.79 Å². The fraction of sp³-hybridized carbons (Fsp3) is 0.375. The zero-order valence-electron chi connectivity index (χ0n) is 12.8. The largest absolute Gasteiger partial charge is 0.369 e. The van der Waals surface area contributed by atoms with Gasteiger partial charge in [0.25, 0.3) is 0 Å². The van der Waals surface area contributed by atoms with Gasteiger partial charge in [-0.2, -0.15) is 5.10 Å². The Morgan fingerprint density at radius 2 is 1.91 bits per heavy atom. The number of hydrogen-bond donors (Lipinski definition) is 1. The van der Waals surface area contributed by atoms with Crippen LogP contribution >= 0.6 is 0 Å². The van der Waals surface area contributed by atoms with E-state index in [-0.39, 0.29) is 12.5 Å². The Labute approximate surface area is 130 Å². The SMILES string of the molecule is CN1CCN(c2ccc(NC(=O)Cn3cccn3)cc2)CC1. The number of likely N-dealkylation sites (N-methyl/N-ethyl adjacent to an activating group) is 1. The first kappa shape index (κ1) is 14.6. The fourth-order valence-corrected chi connectivity index (χ4v) is 2.56. The number of piperazine rings is 1. The van der Waals surface area contributed by atoms with E-state index in [0.717, 1.165) is 31.9 Å². The number of amides is 1. The lowest BCUT2D eigenvalue weighted by atomic mass is 10.2. The highest BCUT2D eigenvalue weighted by molar-refractivity contribution is 5.90. The molecule has 1 amide bonds. The summed E-state index contributed by atoms with van der Waals surface area (Å²) in [7, 11) is 2.15. The first-order valence-electron chi connectivity index (χ1n) is 7.51. The smallest absolute Gasteiger partial charge is 0.246 e. The number of anilines is 2. The molecule has 1 aromatic heterocycles.